The van der Waals surface area contributed by atoms with Crippen LogP contribution in [0, 0.1) is 0 Å². The highest BCUT2D eigenvalue weighted by Crippen LogP contribution is 2.12. The monoisotopic (exact) mass is 214 g/mol. The first-order chi connectivity index (χ1) is 7.74. The number of hydrogen-bond acceptors (Lipinski definition) is 3. The van der Waals surface area contributed by atoms with Gasteiger partial charge in [-0.15, -0.1) is 0 Å². The Bertz CT molecular complexity index is 550. The number of rotatable bonds is 2. The van der Waals surface area contributed by atoms with Gasteiger partial charge in [0.2, 0.25) is 0 Å². The van der Waals surface area contributed by atoms with Gasteiger partial charge in [-0.05, 0) is 23.8 Å². The molecule has 1 aromatic carbocycles. The molecule has 1 aromatic heterocycles. The summed E-state index contributed by atoms with van der Waals surface area (Å²) in [6, 6.07) is 9.51. The largest absolute Gasteiger partial charge is 0.508 e. The lowest BCUT2D eigenvalue weighted by Gasteiger charge is -1.94. The standard InChI is InChI=1S/C13H10O3/c14-11-4-1-10(2-5-11)3-6-13-9-12(15)7-8-16-13/h1-9,14H/b6-3+. The van der Waals surface area contributed by atoms with Gasteiger partial charge in [0.25, 0.3) is 0 Å². The lowest BCUT2D eigenvalue weighted by Crippen LogP contribution is -1.94. The van der Waals surface area contributed by atoms with Gasteiger partial charge in [0.1, 0.15) is 11.5 Å². The van der Waals surface area contributed by atoms with E-state index in [9.17, 15) is 4.79 Å². The van der Waals surface area contributed by atoms with E-state index in [-0.39, 0.29) is 11.2 Å². The Balaban J connectivity index is 2.21. The molecule has 0 aliphatic carbocycles. The van der Waals surface area contributed by atoms with Gasteiger partial charge in [-0.1, -0.05) is 18.2 Å². The second-order valence-corrected chi connectivity index (χ2v) is 3.29. The number of hydrogen-bond donors (Lipinski definition) is 1. The average Bonchev–Trinajstić information content (AvgIpc) is 2.28. The van der Waals surface area contributed by atoms with Crippen molar-refractivity contribution in [1.82, 2.24) is 0 Å². The Morgan fingerprint density at radius 3 is 2.50 bits per heavy atom. The average molecular weight is 214 g/mol. The minimum absolute atomic E-state index is 0.0865. The zero-order valence-corrected chi connectivity index (χ0v) is 8.46. The fraction of sp³-hybridized carbons (Fsp3) is 0. The van der Waals surface area contributed by atoms with Crippen LogP contribution in [0.2, 0.25) is 0 Å². The lowest BCUT2D eigenvalue weighted by atomic mass is 10.2. The fourth-order valence-corrected chi connectivity index (χ4v) is 1.25. The van der Waals surface area contributed by atoms with Crippen LogP contribution in [-0.2, 0) is 0 Å². The van der Waals surface area contributed by atoms with Crippen LogP contribution in [-0.4, -0.2) is 5.11 Å². The van der Waals surface area contributed by atoms with Crippen molar-refractivity contribution in [2.45, 2.75) is 0 Å². The topological polar surface area (TPSA) is 50.4 Å². The SMILES string of the molecule is O=c1ccoc(/C=C/c2ccc(O)cc2)c1. The first kappa shape index (κ1) is 10.2. The molecule has 0 saturated carbocycles. The van der Waals surface area contributed by atoms with Gasteiger partial charge in [0.05, 0.1) is 6.26 Å². The van der Waals surface area contributed by atoms with Gasteiger partial charge in [-0.2, -0.15) is 0 Å². The molecule has 2 aromatic rings. The third-order valence-electron chi connectivity index (χ3n) is 2.05. The summed E-state index contributed by atoms with van der Waals surface area (Å²) in [5.74, 6) is 0.726. The van der Waals surface area contributed by atoms with E-state index in [1.807, 2.05) is 0 Å². The molecule has 0 aliphatic heterocycles. The molecule has 3 nitrogen and oxygen atoms in total. The van der Waals surface area contributed by atoms with Gasteiger partial charge >= 0.3 is 0 Å². The normalized spacial score (nSPS) is 10.8. The van der Waals surface area contributed by atoms with Crippen LogP contribution < -0.4 is 5.43 Å². The van der Waals surface area contributed by atoms with E-state index in [0.29, 0.717) is 5.76 Å². The maximum absolute atomic E-state index is 11.0. The molecule has 0 bridgehead atoms. The van der Waals surface area contributed by atoms with E-state index < -0.39 is 0 Å². The van der Waals surface area contributed by atoms with Crippen LogP contribution in [0.3, 0.4) is 0 Å². The molecule has 80 valence electrons. The van der Waals surface area contributed by atoms with Crippen molar-refractivity contribution in [1.29, 1.82) is 0 Å². The molecule has 0 saturated heterocycles. The van der Waals surface area contributed by atoms with Crippen molar-refractivity contribution < 1.29 is 9.52 Å². The second-order valence-electron chi connectivity index (χ2n) is 3.29. The molecule has 3 heteroatoms. The van der Waals surface area contributed by atoms with Crippen LogP contribution in [0.4, 0.5) is 0 Å². The third kappa shape index (κ3) is 2.60. The summed E-state index contributed by atoms with van der Waals surface area (Å²) in [7, 11) is 0. The van der Waals surface area contributed by atoms with Crippen molar-refractivity contribution in [3.8, 4) is 5.75 Å². The molecule has 16 heavy (non-hydrogen) atoms. The van der Waals surface area contributed by atoms with Crippen molar-refractivity contribution in [3.05, 3.63) is 64.2 Å². The summed E-state index contributed by atoms with van der Waals surface area (Å²) in [6.07, 6.45) is 4.87. The number of aromatic hydroxyl groups is 1. The van der Waals surface area contributed by atoms with E-state index in [2.05, 4.69) is 0 Å². The van der Waals surface area contributed by atoms with E-state index in [0.717, 1.165) is 5.56 Å². The Morgan fingerprint density at radius 2 is 1.81 bits per heavy atom. The minimum atomic E-state index is -0.0865. The number of phenolic OH excluding ortho intramolecular Hbond substituents is 1. The van der Waals surface area contributed by atoms with Gasteiger partial charge in [-0.3, -0.25) is 4.79 Å². The molecule has 0 amide bonds. The third-order valence-corrected chi connectivity index (χ3v) is 2.05. The van der Waals surface area contributed by atoms with Crippen LogP contribution in [0.15, 0.2) is 51.9 Å². The van der Waals surface area contributed by atoms with Crippen molar-refractivity contribution >= 4 is 12.2 Å². The highest BCUT2D eigenvalue weighted by atomic mass is 16.3. The quantitative estimate of drug-likeness (QED) is 0.835. The summed E-state index contributed by atoms with van der Waals surface area (Å²) < 4.78 is 5.12. The predicted molar refractivity (Wildman–Crippen MR) is 62.0 cm³/mol. The van der Waals surface area contributed by atoms with Crippen molar-refractivity contribution in [2.24, 2.45) is 0 Å². The van der Waals surface area contributed by atoms with Crippen molar-refractivity contribution in [2.75, 3.05) is 0 Å². The Kier molecular flexibility index (Phi) is 2.87. The molecule has 0 spiro atoms. The summed E-state index contributed by atoms with van der Waals surface area (Å²) >= 11 is 0. The number of benzene rings is 1. The molecule has 1 N–H and O–H groups in total. The Labute approximate surface area is 92.3 Å². The molecule has 0 unspecified atom stereocenters. The lowest BCUT2D eigenvalue weighted by molar-refractivity contribution is 0.475. The van der Waals surface area contributed by atoms with E-state index in [1.54, 1.807) is 36.4 Å². The van der Waals surface area contributed by atoms with Gasteiger partial charge in [0, 0.05) is 12.1 Å². The number of phenols is 1. The second kappa shape index (κ2) is 4.49. The highest BCUT2D eigenvalue weighted by molar-refractivity contribution is 5.67. The van der Waals surface area contributed by atoms with E-state index in [4.69, 9.17) is 9.52 Å². The molecule has 1 heterocycles. The fourth-order valence-electron chi connectivity index (χ4n) is 1.25. The molecule has 0 fully saturated rings. The first-order valence-corrected chi connectivity index (χ1v) is 4.80. The van der Waals surface area contributed by atoms with Crippen LogP contribution in [0.5, 0.6) is 5.75 Å². The summed E-state index contributed by atoms with van der Waals surface area (Å²) in [6.45, 7) is 0. The van der Waals surface area contributed by atoms with Crippen LogP contribution in [0.25, 0.3) is 12.2 Å². The smallest absolute Gasteiger partial charge is 0.185 e. The summed E-state index contributed by atoms with van der Waals surface area (Å²) in [4.78, 5) is 11.0. The maximum atomic E-state index is 11.0. The molecule has 0 aliphatic rings. The predicted octanol–water partition coefficient (Wildman–Crippen LogP) is 2.52. The van der Waals surface area contributed by atoms with E-state index >= 15 is 0 Å². The minimum Gasteiger partial charge on any atom is -0.508 e. The van der Waals surface area contributed by atoms with E-state index in [1.165, 1.54) is 18.4 Å². The van der Waals surface area contributed by atoms with Gasteiger partial charge < -0.3 is 9.52 Å². The molecule has 0 atom stereocenters. The Hall–Kier alpha value is -2.29. The molecular weight excluding hydrogens is 204 g/mol. The first-order valence-electron chi connectivity index (χ1n) is 4.80. The van der Waals surface area contributed by atoms with Crippen LogP contribution in [0.1, 0.15) is 11.3 Å². The zero-order valence-electron chi connectivity index (χ0n) is 8.46. The van der Waals surface area contributed by atoms with Crippen LogP contribution >= 0.6 is 0 Å². The molecular formula is C13H10O3. The van der Waals surface area contributed by atoms with Gasteiger partial charge in [0.15, 0.2) is 5.43 Å². The Morgan fingerprint density at radius 1 is 1.06 bits per heavy atom. The van der Waals surface area contributed by atoms with Gasteiger partial charge in [-0.25, -0.2) is 0 Å². The summed E-state index contributed by atoms with van der Waals surface area (Å²) in [5.41, 5.74) is 0.834. The zero-order chi connectivity index (χ0) is 11.4. The maximum Gasteiger partial charge on any atom is 0.185 e. The summed E-state index contributed by atoms with van der Waals surface area (Å²) in [5, 5.41) is 9.09. The molecule has 0 radical (unpaired) electrons. The molecule has 2 rings (SSSR count). The highest BCUT2D eigenvalue weighted by Gasteiger charge is 1.91. The van der Waals surface area contributed by atoms with Crippen molar-refractivity contribution in [3.63, 3.8) is 0 Å².